The van der Waals surface area contributed by atoms with Gasteiger partial charge < -0.3 is 9.47 Å². The van der Waals surface area contributed by atoms with Gasteiger partial charge in [0.1, 0.15) is 5.78 Å². The molecule has 0 aromatic heterocycles. The van der Waals surface area contributed by atoms with Gasteiger partial charge in [0, 0.05) is 6.42 Å². The fourth-order valence-electron chi connectivity index (χ4n) is 1.68. The highest BCUT2D eigenvalue weighted by Crippen LogP contribution is 2.26. The highest BCUT2D eigenvalue weighted by Gasteiger charge is 2.20. The molecule has 1 fully saturated rings. The molecule has 0 saturated carbocycles. The molecule has 0 bridgehead atoms. The van der Waals surface area contributed by atoms with Crippen LogP contribution in [0.15, 0.2) is 18.2 Å². The van der Waals surface area contributed by atoms with E-state index in [0.717, 1.165) is 5.56 Å². The van der Waals surface area contributed by atoms with Crippen LogP contribution in [0, 0.1) is 0 Å². The first-order valence-electron chi connectivity index (χ1n) is 5.34. The van der Waals surface area contributed by atoms with Crippen LogP contribution >= 0.6 is 23.2 Å². The lowest BCUT2D eigenvalue weighted by atomic mass is 10.1. The van der Waals surface area contributed by atoms with Gasteiger partial charge in [0.05, 0.1) is 29.7 Å². The third kappa shape index (κ3) is 3.42. The minimum absolute atomic E-state index is 0.0288. The van der Waals surface area contributed by atoms with Gasteiger partial charge in [-0.25, -0.2) is 0 Å². The molecule has 1 aliphatic rings. The van der Waals surface area contributed by atoms with Crippen LogP contribution in [0.4, 0.5) is 0 Å². The number of hydrogen-bond donors (Lipinski definition) is 0. The summed E-state index contributed by atoms with van der Waals surface area (Å²) in [6, 6.07) is 5.27. The molecule has 1 saturated heterocycles. The normalized spacial score (nSPS) is 16.4. The number of halogens is 2. The number of ketones is 1. The SMILES string of the molecule is O=C(Cc1cccc(Cl)c1Cl)CC1OCCO1. The van der Waals surface area contributed by atoms with E-state index < -0.39 is 6.29 Å². The summed E-state index contributed by atoms with van der Waals surface area (Å²) in [6.45, 7) is 1.10. The van der Waals surface area contributed by atoms with Gasteiger partial charge in [-0.1, -0.05) is 35.3 Å². The number of carbonyl (C=O) groups excluding carboxylic acids is 1. The first-order valence-corrected chi connectivity index (χ1v) is 6.10. The van der Waals surface area contributed by atoms with E-state index in [4.69, 9.17) is 32.7 Å². The van der Waals surface area contributed by atoms with Gasteiger partial charge in [-0.3, -0.25) is 4.79 Å². The van der Waals surface area contributed by atoms with Gasteiger partial charge >= 0.3 is 0 Å². The van der Waals surface area contributed by atoms with Crippen molar-refractivity contribution in [3.8, 4) is 0 Å². The molecule has 0 radical (unpaired) electrons. The van der Waals surface area contributed by atoms with Crippen molar-refractivity contribution in [2.24, 2.45) is 0 Å². The van der Waals surface area contributed by atoms with Crippen molar-refractivity contribution in [2.75, 3.05) is 13.2 Å². The average molecular weight is 275 g/mol. The molecular formula is C12H12Cl2O3. The minimum Gasteiger partial charge on any atom is -0.350 e. The second-order valence-corrected chi connectivity index (χ2v) is 4.59. The molecule has 0 N–H and O–H groups in total. The fraction of sp³-hybridized carbons (Fsp3) is 0.417. The molecule has 0 amide bonds. The summed E-state index contributed by atoms with van der Waals surface area (Å²) in [5.74, 6) is 0.0288. The maximum atomic E-state index is 11.8. The van der Waals surface area contributed by atoms with E-state index in [1.165, 1.54) is 0 Å². The quantitative estimate of drug-likeness (QED) is 0.847. The molecule has 17 heavy (non-hydrogen) atoms. The monoisotopic (exact) mass is 274 g/mol. The highest BCUT2D eigenvalue weighted by molar-refractivity contribution is 6.42. The predicted octanol–water partition coefficient (Wildman–Crippen LogP) is 2.87. The minimum atomic E-state index is -0.402. The van der Waals surface area contributed by atoms with Crippen molar-refractivity contribution in [2.45, 2.75) is 19.1 Å². The Balaban J connectivity index is 1.95. The summed E-state index contributed by atoms with van der Waals surface area (Å²) in [5.41, 5.74) is 0.738. The first kappa shape index (κ1) is 12.8. The van der Waals surface area contributed by atoms with Crippen LogP contribution in [0.1, 0.15) is 12.0 Å². The zero-order valence-electron chi connectivity index (χ0n) is 9.12. The van der Waals surface area contributed by atoms with Crippen LogP contribution in [0.2, 0.25) is 10.0 Å². The van der Waals surface area contributed by atoms with Crippen LogP contribution in [-0.2, 0) is 20.7 Å². The average Bonchev–Trinajstić information content (AvgIpc) is 2.77. The Morgan fingerprint density at radius 1 is 1.29 bits per heavy atom. The Labute approximate surface area is 110 Å². The molecule has 0 unspecified atom stereocenters. The summed E-state index contributed by atoms with van der Waals surface area (Å²) >= 11 is 11.9. The largest absolute Gasteiger partial charge is 0.350 e. The predicted molar refractivity (Wildman–Crippen MR) is 65.5 cm³/mol. The van der Waals surface area contributed by atoms with Gasteiger partial charge in [-0.05, 0) is 11.6 Å². The topological polar surface area (TPSA) is 35.5 Å². The molecule has 0 aliphatic carbocycles. The van der Waals surface area contributed by atoms with Crippen LogP contribution in [-0.4, -0.2) is 25.3 Å². The number of carbonyl (C=O) groups is 1. The van der Waals surface area contributed by atoms with Gasteiger partial charge in [-0.15, -0.1) is 0 Å². The number of benzene rings is 1. The lowest BCUT2D eigenvalue weighted by Gasteiger charge is -2.09. The van der Waals surface area contributed by atoms with Gasteiger partial charge in [0.25, 0.3) is 0 Å². The van der Waals surface area contributed by atoms with Gasteiger partial charge in [0.2, 0.25) is 0 Å². The van der Waals surface area contributed by atoms with Crippen molar-refractivity contribution in [1.29, 1.82) is 0 Å². The van der Waals surface area contributed by atoms with E-state index in [1.54, 1.807) is 18.2 Å². The molecule has 0 spiro atoms. The molecule has 1 aromatic carbocycles. The Kier molecular flexibility index (Phi) is 4.40. The summed E-state index contributed by atoms with van der Waals surface area (Å²) < 4.78 is 10.4. The summed E-state index contributed by atoms with van der Waals surface area (Å²) in [4.78, 5) is 11.8. The van der Waals surface area contributed by atoms with E-state index in [9.17, 15) is 4.79 Å². The molecule has 92 valence electrons. The van der Waals surface area contributed by atoms with E-state index in [-0.39, 0.29) is 18.6 Å². The molecule has 5 heteroatoms. The lowest BCUT2D eigenvalue weighted by Crippen LogP contribution is -2.16. The van der Waals surface area contributed by atoms with Crippen molar-refractivity contribution < 1.29 is 14.3 Å². The number of hydrogen-bond acceptors (Lipinski definition) is 3. The number of rotatable bonds is 4. The maximum absolute atomic E-state index is 11.8. The Bertz CT molecular complexity index is 414. The van der Waals surface area contributed by atoms with E-state index in [2.05, 4.69) is 0 Å². The molecule has 1 aromatic rings. The van der Waals surface area contributed by atoms with Gasteiger partial charge in [-0.2, -0.15) is 0 Å². The molecule has 3 nitrogen and oxygen atoms in total. The Hall–Kier alpha value is -0.610. The van der Waals surface area contributed by atoms with Crippen LogP contribution in [0.25, 0.3) is 0 Å². The van der Waals surface area contributed by atoms with Gasteiger partial charge in [0.15, 0.2) is 6.29 Å². The summed E-state index contributed by atoms with van der Waals surface area (Å²) in [7, 11) is 0. The third-order valence-electron chi connectivity index (χ3n) is 2.50. The number of Topliss-reactive ketones (excluding diaryl/α,β-unsaturated/α-hetero) is 1. The van der Waals surface area contributed by atoms with Crippen LogP contribution in [0.5, 0.6) is 0 Å². The smallest absolute Gasteiger partial charge is 0.164 e. The summed E-state index contributed by atoms with van der Waals surface area (Å²) in [6.07, 6.45) is 0.103. The van der Waals surface area contributed by atoms with Crippen molar-refractivity contribution in [3.05, 3.63) is 33.8 Å². The second-order valence-electron chi connectivity index (χ2n) is 3.80. The van der Waals surface area contributed by atoms with Crippen molar-refractivity contribution in [3.63, 3.8) is 0 Å². The van der Waals surface area contributed by atoms with Crippen molar-refractivity contribution in [1.82, 2.24) is 0 Å². The van der Waals surface area contributed by atoms with E-state index >= 15 is 0 Å². The highest BCUT2D eigenvalue weighted by atomic mass is 35.5. The summed E-state index contributed by atoms with van der Waals surface area (Å²) in [5, 5.41) is 0.904. The third-order valence-corrected chi connectivity index (χ3v) is 3.36. The molecular weight excluding hydrogens is 263 g/mol. The molecule has 1 heterocycles. The standard InChI is InChI=1S/C12H12Cl2O3/c13-10-3-1-2-8(12(10)14)6-9(15)7-11-16-4-5-17-11/h1-3,11H,4-7H2. The zero-order chi connectivity index (χ0) is 12.3. The Morgan fingerprint density at radius 2 is 2.00 bits per heavy atom. The fourth-order valence-corrected chi connectivity index (χ4v) is 2.07. The van der Waals surface area contributed by atoms with Crippen LogP contribution < -0.4 is 0 Å². The molecule has 0 atom stereocenters. The lowest BCUT2D eigenvalue weighted by molar-refractivity contribution is -0.126. The first-order chi connectivity index (χ1) is 8.16. The second kappa shape index (κ2) is 5.83. The van der Waals surface area contributed by atoms with E-state index in [0.29, 0.717) is 23.3 Å². The Morgan fingerprint density at radius 3 is 2.71 bits per heavy atom. The zero-order valence-corrected chi connectivity index (χ0v) is 10.6. The number of ether oxygens (including phenoxy) is 2. The maximum Gasteiger partial charge on any atom is 0.164 e. The molecule has 1 aliphatic heterocycles. The van der Waals surface area contributed by atoms with Crippen LogP contribution in [0.3, 0.4) is 0 Å². The van der Waals surface area contributed by atoms with Crippen molar-refractivity contribution >= 4 is 29.0 Å². The van der Waals surface area contributed by atoms with E-state index in [1.807, 2.05) is 0 Å². The molecule has 2 rings (SSSR count).